The zero-order valence-electron chi connectivity index (χ0n) is 22.4. The van der Waals surface area contributed by atoms with Gasteiger partial charge in [0, 0.05) is 23.5 Å². The second kappa shape index (κ2) is 13.6. The summed E-state index contributed by atoms with van der Waals surface area (Å²) >= 11 is 0. The number of methoxy groups -OCH3 is 1. The fraction of sp³-hybridized carbons (Fsp3) is 0.433. The summed E-state index contributed by atoms with van der Waals surface area (Å²) in [4.78, 5) is 40.1. The number of esters is 1. The molecule has 7 heteroatoms. The summed E-state index contributed by atoms with van der Waals surface area (Å²) < 4.78 is 5.05. The van der Waals surface area contributed by atoms with Crippen LogP contribution >= 0.6 is 0 Å². The molecule has 1 atom stereocenters. The van der Waals surface area contributed by atoms with Gasteiger partial charge in [-0.05, 0) is 61.6 Å². The maximum atomic E-state index is 12.9. The van der Waals surface area contributed by atoms with Gasteiger partial charge in [0.25, 0.3) is 5.91 Å². The SMILES string of the molecule is CCCCCCc1ccc(C(=O)Nc2cccc([C@H]3NC(=O)N(CCCC)C(C)=C3C(=O)OC)c2)cc1. The lowest BCUT2D eigenvalue weighted by Gasteiger charge is -2.35. The molecule has 0 fully saturated rings. The number of rotatable bonds is 12. The number of aryl methyl sites for hydroxylation is 1. The summed E-state index contributed by atoms with van der Waals surface area (Å²) in [7, 11) is 1.33. The van der Waals surface area contributed by atoms with E-state index in [1.807, 2.05) is 37.3 Å². The number of hydrogen-bond acceptors (Lipinski definition) is 4. The smallest absolute Gasteiger partial charge is 0.337 e. The van der Waals surface area contributed by atoms with Crippen LogP contribution in [-0.4, -0.2) is 36.5 Å². The molecule has 1 aliphatic heterocycles. The predicted molar refractivity (Wildman–Crippen MR) is 146 cm³/mol. The molecule has 3 amide bonds. The van der Waals surface area contributed by atoms with E-state index < -0.39 is 12.0 Å². The molecule has 198 valence electrons. The van der Waals surface area contributed by atoms with Crippen LogP contribution in [0.5, 0.6) is 0 Å². The van der Waals surface area contributed by atoms with Gasteiger partial charge in [0.05, 0.1) is 18.7 Å². The van der Waals surface area contributed by atoms with Crippen LogP contribution in [0.15, 0.2) is 59.8 Å². The number of urea groups is 1. The van der Waals surface area contributed by atoms with Crippen molar-refractivity contribution >= 4 is 23.6 Å². The molecule has 7 nitrogen and oxygen atoms in total. The number of amides is 3. The Kier molecular flexibility index (Phi) is 10.3. The second-order valence-corrected chi connectivity index (χ2v) is 9.47. The summed E-state index contributed by atoms with van der Waals surface area (Å²) in [5, 5.41) is 5.89. The molecular weight excluding hydrogens is 466 g/mol. The maximum absolute atomic E-state index is 12.9. The number of benzene rings is 2. The molecule has 0 radical (unpaired) electrons. The summed E-state index contributed by atoms with van der Waals surface area (Å²) in [5.74, 6) is -0.707. The molecule has 37 heavy (non-hydrogen) atoms. The van der Waals surface area contributed by atoms with Crippen LogP contribution in [0.1, 0.15) is 86.8 Å². The first-order chi connectivity index (χ1) is 17.9. The van der Waals surface area contributed by atoms with Crippen molar-refractivity contribution in [3.63, 3.8) is 0 Å². The topological polar surface area (TPSA) is 87.7 Å². The van der Waals surface area contributed by atoms with Gasteiger partial charge in [-0.3, -0.25) is 9.69 Å². The third kappa shape index (κ3) is 7.21. The van der Waals surface area contributed by atoms with E-state index >= 15 is 0 Å². The van der Waals surface area contributed by atoms with Gasteiger partial charge in [0.1, 0.15) is 0 Å². The van der Waals surface area contributed by atoms with Crippen LogP contribution in [0.25, 0.3) is 0 Å². The number of nitrogens with one attached hydrogen (secondary N) is 2. The van der Waals surface area contributed by atoms with Gasteiger partial charge in [0.2, 0.25) is 0 Å². The third-order valence-corrected chi connectivity index (χ3v) is 6.75. The first-order valence-electron chi connectivity index (χ1n) is 13.3. The minimum absolute atomic E-state index is 0.215. The summed E-state index contributed by atoms with van der Waals surface area (Å²) in [6.45, 7) is 6.54. The van der Waals surface area contributed by atoms with Crippen LogP contribution in [0.3, 0.4) is 0 Å². The minimum Gasteiger partial charge on any atom is -0.466 e. The van der Waals surface area contributed by atoms with Crippen LogP contribution in [0.2, 0.25) is 0 Å². The van der Waals surface area contributed by atoms with E-state index in [4.69, 9.17) is 4.74 Å². The van der Waals surface area contributed by atoms with Crippen molar-refractivity contribution in [2.75, 3.05) is 19.0 Å². The molecule has 0 aliphatic carbocycles. The van der Waals surface area contributed by atoms with E-state index in [0.717, 1.165) is 25.7 Å². The Labute approximate surface area is 220 Å². The van der Waals surface area contributed by atoms with E-state index in [9.17, 15) is 14.4 Å². The Morgan fingerprint density at radius 1 is 1.00 bits per heavy atom. The van der Waals surface area contributed by atoms with E-state index in [-0.39, 0.29) is 11.9 Å². The standard InChI is InChI=1S/C30H39N3O4/c1-5-7-9-10-12-22-15-17-23(18-16-22)28(34)31-25-14-11-13-24(20-25)27-26(29(35)37-4)21(3)33(19-8-6-2)30(36)32-27/h11,13-18,20,27H,5-10,12,19H2,1-4H3,(H,31,34)(H,32,36)/t27-/m1/s1. The lowest BCUT2D eigenvalue weighted by Crippen LogP contribution is -2.48. The molecule has 0 unspecified atom stereocenters. The highest BCUT2D eigenvalue weighted by atomic mass is 16.5. The number of allylic oxidation sites excluding steroid dienone is 1. The molecule has 3 rings (SSSR count). The van der Waals surface area contributed by atoms with Gasteiger partial charge in [-0.25, -0.2) is 9.59 Å². The molecule has 2 aromatic rings. The van der Waals surface area contributed by atoms with Gasteiger partial charge in [-0.1, -0.05) is 63.8 Å². The van der Waals surface area contributed by atoms with Crippen LogP contribution in [-0.2, 0) is 16.0 Å². The highest BCUT2D eigenvalue weighted by Crippen LogP contribution is 2.32. The average Bonchev–Trinajstić information content (AvgIpc) is 2.91. The molecule has 1 heterocycles. The first kappa shape index (κ1) is 28.0. The predicted octanol–water partition coefficient (Wildman–Crippen LogP) is 6.38. The van der Waals surface area contributed by atoms with Crippen LogP contribution in [0, 0.1) is 0 Å². The Balaban J connectivity index is 1.77. The van der Waals surface area contributed by atoms with Crippen molar-refractivity contribution in [2.24, 2.45) is 0 Å². The summed E-state index contributed by atoms with van der Waals surface area (Å²) in [5.41, 5.74) is 4.04. The van der Waals surface area contributed by atoms with Crippen molar-refractivity contribution in [2.45, 2.75) is 71.8 Å². The van der Waals surface area contributed by atoms with Crippen molar-refractivity contribution in [1.82, 2.24) is 10.2 Å². The minimum atomic E-state index is -0.679. The molecule has 2 aromatic carbocycles. The quantitative estimate of drug-likeness (QED) is 0.259. The van der Waals surface area contributed by atoms with E-state index in [1.54, 1.807) is 30.0 Å². The normalized spacial score (nSPS) is 15.4. The van der Waals surface area contributed by atoms with Crippen molar-refractivity contribution in [3.8, 4) is 0 Å². The van der Waals surface area contributed by atoms with E-state index in [0.29, 0.717) is 34.6 Å². The summed E-state index contributed by atoms with van der Waals surface area (Å²) in [6, 6.07) is 14.0. The number of nitrogens with zero attached hydrogens (tertiary/aromatic N) is 1. The Morgan fingerprint density at radius 3 is 2.41 bits per heavy atom. The monoisotopic (exact) mass is 505 g/mol. The number of ether oxygens (including phenoxy) is 1. The van der Waals surface area contributed by atoms with Gasteiger partial charge in [-0.2, -0.15) is 0 Å². The second-order valence-electron chi connectivity index (χ2n) is 9.47. The third-order valence-electron chi connectivity index (χ3n) is 6.75. The Hall–Kier alpha value is -3.61. The van der Waals surface area contributed by atoms with Crippen LogP contribution < -0.4 is 10.6 Å². The maximum Gasteiger partial charge on any atom is 0.337 e. The van der Waals surface area contributed by atoms with E-state index in [2.05, 4.69) is 17.6 Å². The Bertz CT molecular complexity index is 1120. The van der Waals surface area contributed by atoms with Gasteiger partial charge >= 0.3 is 12.0 Å². The molecule has 0 saturated carbocycles. The lowest BCUT2D eigenvalue weighted by atomic mass is 9.94. The molecule has 1 aliphatic rings. The largest absolute Gasteiger partial charge is 0.466 e. The van der Waals surface area contributed by atoms with Gasteiger partial charge in [0.15, 0.2) is 0 Å². The Morgan fingerprint density at radius 2 is 1.73 bits per heavy atom. The van der Waals surface area contributed by atoms with Gasteiger partial charge in [-0.15, -0.1) is 0 Å². The number of anilines is 1. The first-order valence-corrected chi connectivity index (χ1v) is 13.3. The molecular formula is C30H39N3O4. The fourth-order valence-electron chi connectivity index (χ4n) is 4.57. The van der Waals surface area contributed by atoms with Crippen molar-refractivity contribution in [3.05, 3.63) is 76.5 Å². The van der Waals surface area contributed by atoms with E-state index in [1.165, 1.54) is 31.9 Å². The molecule has 0 spiro atoms. The number of hydrogen-bond donors (Lipinski definition) is 2. The lowest BCUT2D eigenvalue weighted by molar-refractivity contribution is -0.136. The highest BCUT2D eigenvalue weighted by molar-refractivity contribution is 6.04. The fourth-order valence-corrected chi connectivity index (χ4v) is 4.57. The zero-order valence-corrected chi connectivity index (χ0v) is 22.4. The average molecular weight is 506 g/mol. The van der Waals surface area contributed by atoms with Crippen molar-refractivity contribution in [1.29, 1.82) is 0 Å². The number of unbranched alkanes of at least 4 members (excludes halogenated alkanes) is 4. The zero-order chi connectivity index (χ0) is 26.8. The highest BCUT2D eigenvalue weighted by Gasteiger charge is 2.36. The number of carbonyl (C=O) groups is 3. The number of carbonyl (C=O) groups excluding carboxylic acids is 3. The molecule has 0 aromatic heterocycles. The van der Waals surface area contributed by atoms with Crippen molar-refractivity contribution < 1.29 is 19.1 Å². The summed E-state index contributed by atoms with van der Waals surface area (Å²) in [6.07, 6.45) is 7.61. The van der Waals surface area contributed by atoms with Crippen LogP contribution in [0.4, 0.5) is 10.5 Å². The van der Waals surface area contributed by atoms with Gasteiger partial charge < -0.3 is 15.4 Å². The molecule has 2 N–H and O–H groups in total. The molecule has 0 saturated heterocycles. The molecule has 0 bridgehead atoms.